The molecule has 9 heavy (non-hydrogen) atoms. The standard InChI is InChI=1S/C7H13S2/c1-7-3-2-5-9(7)6-4-8-7/h2-6H2,1H3/q+1. The predicted molar refractivity (Wildman–Crippen MR) is 47.2 cm³/mol. The molecule has 52 valence electrons. The molecule has 0 bridgehead atoms. The minimum absolute atomic E-state index is 0.750. The Morgan fingerprint density at radius 2 is 2.33 bits per heavy atom. The summed E-state index contributed by atoms with van der Waals surface area (Å²) >= 11 is 2.23. The zero-order valence-corrected chi connectivity index (χ0v) is 7.49. The van der Waals surface area contributed by atoms with Gasteiger partial charge in [-0.1, -0.05) is 11.8 Å². The lowest BCUT2D eigenvalue weighted by Crippen LogP contribution is -2.22. The Balaban J connectivity index is 2.17. The van der Waals surface area contributed by atoms with Crippen LogP contribution in [0.4, 0.5) is 0 Å². The van der Waals surface area contributed by atoms with Gasteiger partial charge in [0.15, 0.2) is 4.08 Å². The van der Waals surface area contributed by atoms with Crippen molar-refractivity contribution >= 4 is 22.7 Å². The largest absolute Gasteiger partial charge is 0.170 e. The maximum absolute atomic E-state index is 2.47. The third-order valence-corrected chi connectivity index (χ3v) is 7.82. The number of thioether (sulfide) groups is 1. The van der Waals surface area contributed by atoms with Gasteiger partial charge in [0.1, 0.15) is 11.5 Å². The van der Waals surface area contributed by atoms with Crippen molar-refractivity contribution < 1.29 is 0 Å². The van der Waals surface area contributed by atoms with Crippen molar-refractivity contribution in [3.63, 3.8) is 0 Å². The molecule has 0 spiro atoms. The molecule has 2 aliphatic rings. The van der Waals surface area contributed by atoms with Gasteiger partial charge in [-0.05, 0) is 13.3 Å². The average Bonchev–Trinajstić information content (AvgIpc) is 2.22. The van der Waals surface area contributed by atoms with Crippen LogP contribution in [0.2, 0.25) is 0 Å². The summed E-state index contributed by atoms with van der Waals surface area (Å²) in [5.74, 6) is 4.52. The van der Waals surface area contributed by atoms with Crippen LogP contribution in [-0.2, 0) is 10.9 Å². The zero-order chi connectivity index (χ0) is 6.32. The van der Waals surface area contributed by atoms with E-state index in [0.717, 1.165) is 15.0 Å². The fraction of sp³-hybridized carbons (Fsp3) is 1.00. The number of fused-ring (bicyclic) bond motifs is 1. The van der Waals surface area contributed by atoms with Crippen LogP contribution in [0.3, 0.4) is 0 Å². The van der Waals surface area contributed by atoms with E-state index in [1.165, 1.54) is 24.3 Å². The predicted octanol–water partition coefficient (Wildman–Crippen LogP) is 1.86. The van der Waals surface area contributed by atoms with Gasteiger partial charge in [-0.2, -0.15) is 0 Å². The van der Waals surface area contributed by atoms with Gasteiger partial charge in [-0.15, -0.1) is 0 Å². The van der Waals surface area contributed by atoms with E-state index in [1.807, 2.05) is 0 Å². The molecule has 0 aromatic rings. The molecule has 2 heterocycles. The third-order valence-electron chi connectivity index (χ3n) is 2.37. The van der Waals surface area contributed by atoms with Crippen molar-refractivity contribution in [2.45, 2.75) is 23.8 Å². The van der Waals surface area contributed by atoms with E-state index in [-0.39, 0.29) is 0 Å². The fourth-order valence-electron chi connectivity index (χ4n) is 1.76. The lowest BCUT2D eigenvalue weighted by Gasteiger charge is -2.12. The Morgan fingerprint density at radius 1 is 1.44 bits per heavy atom. The summed E-state index contributed by atoms with van der Waals surface area (Å²) in [5, 5.41) is 0. The summed E-state index contributed by atoms with van der Waals surface area (Å²) in [6, 6.07) is 0. The van der Waals surface area contributed by atoms with E-state index in [1.54, 1.807) is 5.75 Å². The molecule has 0 nitrogen and oxygen atoms in total. The number of hydrogen-bond donors (Lipinski definition) is 0. The van der Waals surface area contributed by atoms with E-state index in [2.05, 4.69) is 18.7 Å². The summed E-state index contributed by atoms with van der Waals surface area (Å²) in [6.07, 6.45) is 3.01. The highest BCUT2D eigenvalue weighted by molar-refractivity contribution is 8.20. The van der Waals surface area contributed by atoms with Gasteiger partial charge in [-0.3, -0.25) is 0 Å². The van der Waals surface area contributed by atoms with Crippen LogP contribution in [0.1, 0.15) is 19.8 Å². The highest BCUT2D eigenvalue weighted by Crippen LogP contribution is 2.47. The maximum Gasteiger partial charge on any atom is 0.170 e. The molecule has 2 heteroatoms. The third kappa shape index (κ3) is 0.911. The molecule has 0 aromatic carbocycles. The molecule has 0 aromatic heterocycles. The molecule has 2 unspecified atom stereocenters. The first-order valence-electron chi connectivity index (χ1n) is 3.63. The summed E-state index contributed by atoms with van der Waals surface area (Å²) in [4.78, 5) is 0. The topological polar surface area (TPSA) is 0 Å². The monoisotopic (exact) mass is 161 g/mol. The second-order valence-electron chi connectivity index (χ2n) is 2.99. The molecular weight excluding hydrogens is 148 g/mol. The molecule has 0 radical (unpaired) electrons. The van der Waals surface area contributed by atoms with E-state index in [9.17, 15) is 0 Å². The summed E-state index contributed by atoms with van der Waals surface area (Å²) in [6.45, 7) is 2.47. The Labute approximate surface area is 64.1 Å². The van der Waals surface area contributed by atoms with Crippen LogP contribution in [-0.4, -0.2) is 21.3 Å². The van der Waals surface area contributed by atoms with Crippen LogP contribution in [0.15, 0.2) is 0 Å². The smallest absolute Gasteiger partial charge is 0.0977 e. The Bertz CT molecular complexity index is 112. The Hall–Kier alpha value is 0.700. The first-order chi connectivity index (χ1) is 4.31. The first-order valence-corrected chi connectivity index (χ1v) is 6.18. The van der Waals surface area contributed by atoms with Crippen molar-refractivity contribution in [1.29, 1.82) is 0 Å². The van der Waals surface area contributed by atoms with E-state index >= 15 is 0 Å². The van der Waals surface area contributed by atoms with Crippen molar-refractivity contribution in [3.05, 3.63) is 0 Å². The van der Waals surface area contributed by atoms with E-state index in [4.69, 9.17) is 0 Å². The van der Waals surface area contributed by atoms with Gasteiger partial charge >= 0.3 is 0 Å². The molecule has 0 saturated carbocycles. The summed E-state index contributed by atoms with van der Waals surface area (Å²) < 4.78 is 0.750. The molecule has 2 saturated heterocycles. The first kappa shape index (κ1) is 6.41. The normalized spacial score (nSPS) is 49.7. The van der Waals surface area contributed by atoms with Crippen molar-refractivity contribution in [2.75, 3.05) is 17.3 Å². The zero-order valence-electron chi connectivity index (χ0n) is 5.85. The van der Waals surface area contributed by atoms with Crippen LogP contribution >= 0.6 is 11.8 Å². The second-order valence-corrected chi connectivity index (χ2v) is 7.55. The average molecular weight is 161 g/mol. The summed E-state index contributed by atoms with van der Waals surface area (Å²) in [7, 11) is 0.829. The number of rotatable bonds is 0. The fourth-order valence-corrected chi connectivity index (χ4v) is 7.03. The quantitative estimate of drug-likeness (QED) is 0.489. The molecule has 2 rings (SSSR count). The summed E-state index contributed by atoms with van der Waals surface area (Å²) in [5.41, 5.74) is 0. The molecule has 0 amide bonds. The van der Waals surface area contributed by atoms with Crippen LogP contribution in [0.25, 0.3) is 0 Å². The van der Waals surface area contributed by atoms with Crippen LogP contribution in [0, 0.1) is 0 Å². The van der Waals surface area contributed by atoms with Gasteiger partial charge in [0, 0.05) is 23.1 Å². The minimum Gasteiger partial charge on any atom is -0.0977 e. The van der Waals surface area contributed by atoms with E-state index in [0.29, 0.717) is 0 Å². The highest BCUT2D eigenvalue weighted by atomic mass is 32.2. The molecular formula is C7H13S2+. The molecule has 0 aliphatic carbocycles. The second kappa shape index (κ2) is 2.09. The van der Waals surface area contributed by atoms with Crippen LogP contribution in [0.5, 0.6) is 0 Å². The maximum atomic E-state index is 2.47. The van der Waals surface area contributed by atoms with Crippen LogP contribution < -0.4 is 0 Å². The van der Waals surface area contributed by atoms with Crippen molar-refractivity contribution in [1.82, 2.24) is 0 Å². The van der Waals surface area contributed by atoms with Gasteiger partial charge in [0.2, 0.25) is 0 Å². The van der Waals surface area contributed by atoms with E-state index < -0.39 is 0 Å². The van der Waals surface area contributed by atoms with Crippen molar-refractivity contribution in [2.24, 2.45) is 0 Å². The molecule has 2 fully saturated rings. The minimum atomic E-state index is 0.750. The van der Waals surface area contributed by atoms with Gasteiger partial charge < -0.3 is 0 Å². The molecule has 2 atom stereocenters. The Kier molecular flexibility index (Phi) is 1.49. The molecule has 0 N–H and O–H groups in total. The molecule has 2 aliphatic heterocycles. The highest BCUT2D eigenvalue weighted by Gasteiger charge is 2.51. The SMILES string of the molecule is CC12CCC[S+]1CCS2. The lowest BCUT2D eigenvalue weighted by molar-refractivity contribution is 0.796. The lowest BCUT2D eigenvalue weighted by atomic mass is 10.3. The Morgan fingerprint density at radius 3 is 3.11 bits per heavy atom. The van der Waals surface area contributed by atoms with Gasteiger partial charge in [0.05, 0.1) is 0 Å². The van der Waals surface area contributed by atoms with Gasteiger partial charge in [0.25, 0.3) is 0 Å². The number of hydrogen-bond acceptors (Lipinski definition) is 1. The van der Waals surface area contributed by atoms with Gasteiger partial charge in [-0.25, -0.2) is 0 Å². The van der Waals surface area contributed by atoms with Crippen molar-refractivity contribution in [3.8, 4) is 0 Å².